The fraction of sp³-hybridized carbons (Fsp3) is 0.462. The van der Waals surface area contributed by atoms with Gasteiger partial charge in [0.1, 0.15) is 5.82 Å². The zero-order valence-electron chi connectivity index (χ0n) is 10.8. The van der Waals surface area contributed by atoms with Gasteiger partial charge in [-0.3, -0.25) is 0 Å². The summed E-state index contributed by atoms with van der Waals surface area (Å²) in [5.74, 6) is 0.848. The van der Waals surface area contributed by atoms with E-state index in [2.05, 4.69) is 22.4 Å². The van der Waals surface area contributed by atoms with Crippen LogP contribution in [0.2, 0.25) is 0 Å². The summed E-state index contributed by atoms with van der Waals surface area (Å²) in [4.78, 5) is 0. The molecular formula is C13H16FN5. The van der Waals surface area contributed by atoms with E-state index in [0.29, 0.717) is 11.7 Å². The molecule has 1 fully saturated rings. The predicted molar refractivity (Wildman–Crippen MR) is 69.7 cm³/mol. The first-order valence-electron chi connectivity index (χ1n) is 6.50. The first-order valence-corrected chi connectivity index (χ1v) is 6.50. The van der Waals surface area contributed by atoms with Gasteiger partial charge in [0.05, 0.1) is 11.7 Å². The molecule has 1 saturated carbocycles. The third-order valence-corrected chi connectivity index (χ3v) is 3.96. The lowest BCUT2D eigenvalue weighted by Crippen LogP contribution is -2.24. The van der Waals surface area contributed by atoms with Gasteiger partial charge in [0, 0.05) is 5.56 Å². The van der Waals surface area contributed by atoms with Crippen LogP contribution in [0.5, 0.6) is 0 Å². The molecule has 100 valence electrons. The third kappa shape index (κ3) is 2.07. The molecule has 1 heterocycles. The zero-order chi connectivity index (χ0) is 13.4. The molecule has 6 heteroatoms. The molecule has 2 aromatic rings. The highest BCUT2D eigenvalue weighted by atomic mass is 19.1. The molecule has 0 bridgehead atoms. The molecule has 1 atom stereocenters. The van der Waals surface area contributed by atoms with E-state index < -0.39 is 5.82 Å². The Bertz CT molecular complexity index is 590. The lowest BCUT2D eigenvalue weighted by Gasteiger charge is -2.31. The summed E-state index contributed by atoms with van der Waals surface area (Å²) in [6, 6.07) is 4.83. The topological polar surface area (TPSA) is 69.6 Å². The molecule has 1 aliphatic carbocycles. The summed E-state index contributed by atoms with van der Waals surface area (Å²) in [5.41, 5.74) is 6.46. The van der Waals surface area contributed by atoms with Crippen molar-refractivity contribution in [1.82, 2.24) is 20.2 Å². The van der Waals surface area contributed by atoms with E-state index in [-0.39, 0.29) is 11.7 Å². The number of nitrogen functional groups attached to an aromatic ring is 1. The Morgan fingerprint density at radius 2 is 2.21 bits per heavy atom. The van der Waals surface area contributed by atoms with Gasteiger partial charge in [0.15, 0.2) is 5.82 Å². The van der Waals surface area contributed by atoms with E-state index in [0.717, 1.165) is 5.56 Å². The molecule has 2 N–H and O–H groups in total. The summed E-state index contributed by atoms with van der Waals surface area (Å²) >= 11 is 0. The average Bonchev–Trinajstić information content (AvgIpc) is 2.79. The van der Waals surface area contributed by atoms with Gasteiger partial charge >= 0.3 is 0 Å². The van der Waals surface area contributed by atoms with Gasteiger partial charge in [-0.2, -0.15) is 0 Å². The van der Waals surface area contributed by atoms with Gasteiger partial charge in [-0.15, -0.1) is 5.10 Å². The van der Waals surface area contributed by atoms with E-state index in [4.69, 9.17) is 5.73 Å². The Morgan fingerprint density at radius 1 is 1.42 bits per heavy atom. The molecule has 3 rings (SSSR count). The van der Waals surface area contributed by atoms with Crippen LogP contribution in [-0.2, 0) is 0 Å². The number of nitrogens with zero attached hydrogens (tertiary/aromatic N) is 4. The van der Waals surface area contributed by atoms with Gasteiger partial charge in [0.25, 0.3) is 0 Å². The Morgan fingerprint density at radius 3 is 2.84 bits per heavy atom. The van der Waals surface area contributed by atoms with Crippen LogP contribution in [0.1, 0.15) is 32.2 Å². The summed E-state index contributed by atoms with van der Waals surface area (Å²) < 4.78 is 15.0. The maximum Gasteiger partial charge on any atom is 0.182 e. The summed E-state index contributed by atoms with van der Waals surface area (Å²) in [6.45, 7) is 2.12. The molecular weight excluding hydrogens is 245 g/mol. The number of aromatic nitrogens is 4. The van der Waals surface area contributed by atoms with E-state index in [1.807, 2.05) is 4.68 Å². The van der Waals surface area contributed by atoms with Crippen molar-refractivity contribution in [3.8, 4) is 11.4 Å². The van der Waals surface area contributed by atoms with Crippen molar-refractivity contribution >= 4 is 5.69 Å². The lowest BCUT2D eigenvalue weighted by atomic mass is 9.80. The first kappa shape index (κ1) is 12.1. The number of benzene rings is 1. The highest BCUT2D eigenvalue weighted by Gasteiger charge is 2.28. The largest absolute Gasteiger partial charge is 0.396 e. The molecule has 19 heavy (non-hydrogen) atoms. The number of halogens is 1. The number of rotatable bonds is 3. The maximum atomic E-state index is 13.2. The SMILES string of the molecule is CC(C1CCC1)n1nnnc1-c1ccc(F)c(N)c1. The molecule has 0 aliphatic heterocycles. The van der Waals surface area contributed by atoms with Crippen LogP contribution in [0.25, 0.3) is 11.4 Å². The fourth-order valence-corrected chi connectivity index (χ4v) is 2.46. The van der Waals surface area contributed by atoms with Crippen LogP contribution in [0.3, 0.4) is 0 Å². The van der Waals surface area contributed by atoms with E-state index >= 15 is 0 Å². The number of nitrogens with two attached hydrogens (primary N) is 1. The fourth-order valence-electron chi connectivity index (χ4n) is 2.46. The third-order valence-electron chi connectivity index (χ3n) is 3.96. The average molecular weight is 261 g/mol. The van der Waals surface area contributed by atoms with Crippen LogP contribution >= 0.6 is 0 Å². The van der Waals surface area contributed by atoms with Crippen LogP contribution in [0.15, 0.2) is 18.2 Å². The van der Waals surface area contributed by atoms with Crippen molar-refractivity contribution in [2.75, 3.05) is 5.73 Å². The molecule has 0 radical (unpaired) electrons. The van der Waals surface area contributed by atoms with E-state index in [1.54, 1.807) is 12.1 Å². The minimum Gasteiger partial charge on any atom is -0.396 e. The first-order chi connectivity index (χ1) is 9.16. The van der Waals surface area contributed by atoms with Crippen molar-refractivity contribution in [3.05, 3.63) is 24.0 Å². The Balaban J connectivity index is 1.96. The molecule has 0 amide bonds. The van der Waals surface area contributed by atoms with Crippen LogP contribution in [0.4, 0.5) is 10.1 Å². The van der Waals surface area contributed by atoms with Gasteiger partial charge in [-0.1, -0.05) is 6.42 Å². The minimum atomic E-state index is -0.421. The van der Waals surface area contributed by atoms with Crippen molar-refractivity contribution in [2.24, 2.45) is 5.92 Å². The van der Waals surface area contributed by atoms with Crippen molar-refractivity contribution in [2.45, 2.75) is 32.2 Å². The number of hydrogen-bond acceptors (Lipinski definition) is 4. The van der Waals surface area contributed by atoms with Gasteiger partial charge < -0.3 is 5.73 Å². The quantitative estimate of drug-likeness (QED) is 0.861. The summed E-state index contributed by atoms with van der Waals surface area (Å²) in [6.07, 6.45) is 3.70. The number of hydrogen-bond donors (Lipinski definition) is 1. The Labute approximate surface area is 110 Å². The molecule has 1 unspecified atom stereocenters. The zero-order valence-corrected chi connectivity index (χ0v) is 10.8. The molecule has 1 aromatic carbocycles. The Hall–Kier alpha value is -1.98. The molecule has 1 aliphatic rings. The molecule has 5 nitrogen and oxygen atoms in total. The second-order valence-corrected chi connectivity index (χ2v) is 5.11. The summed E-state index contributed by atoms with van der Waals surface area (Å²) in [7, 11) is 0. The van der Waals surface area contributed by atoms with Crippen molar-refractivity contribution in [1.29, 1.82) is 0 Å². The molecule has 0 spiro atoms. The number of tetrazole rings is 1. The Kier molecular flexibility index (Phi) is 2.93. The normalized spacial score (nSPS) is 17.2. The number of anilines is 1. The van der Waals surface area contributed by atoms with Gasteiger partial charge in [-0.25, -0.2) is 9.07 Å². The monoisotopic (exact) mass is 261 g/mol. The second kappa shape index (κ2) is 4.60. The lowest BCUT2D eigenvalue weighted by molar-refractivity contribution is 0.210. The van der Waals surface area contributed by atoms with Crippen LogP contribution in [-0.4, -0.2) is 20.2 Å². The highest BCUT2D eigenvalue weighted by Crippen LogP contribution is 2.37. The van der Waals surface area contributed by atoms with Gasteiger partial charge in [-0.05, 0) is 54.3 Å². The predicted octanol–water partition coefficient (Wildman–Crippen LogP) is 2.42. The van der Waals surface area contributed by atoms with Crippen LogP contribution < -0.4 is 5.73 Å². The maximum absolute atomic E-state index is 13.2. The van der Waals surface area contributed by atoms with E-state index in [1.165, 1.54) is 25.3 Å². The molecule has 0 saturated heterocycles. The smallest absolute Gasteiger partial charge is 0.182 e. The van der Waals surface area contributed by atoms with Gasteiger partial charge in [0.2, 0.25) is 0 Å². The van der Waals surface area contributed by atoms with E-state index in [9.17, 15) is 4.39 Å². The second-order valence-electron chi connectivity index (χ2n) is 5.11. The molecule has 1 aromatic heterocycles. The van der Waals surface area contributed by atoms with Crippen molar-refractivity contribution < 1.29 is 4.39 Å². The minimum absolute atomic E-state index is 0.114. The van der Waals surface area contributed by atoms with Crippen LogP contribution in [0, 0.1) is 11.7 Å². The van der Waals surface area contributed by atoms with Crippen molar-refractivity contribution in [3.63, 3.8) is 0 Å². The standard InChI is InChI=1S/C13H16FN5/c1-8(9-3-2-4-9)19-13(16-17-18-19)10-5-6-11(14)12(15)7-10/h5-9H,2-4,15H2,1H3. The summed E-state index contributed by atoms with van der Waals surface area (Å²) in [5, 5.41) is 11.9. The highest BCUT2D eigenvalue weighted by molar-refractivity contribution is 5.61.